The van der Waals surface area contributed by atoms with E-state index in [1.807, 2.05) is 19.1 Å². The monoisotopic (exact) mass is 352 g/mol. The van der Waals surface area contributed by atoms with Gasteiger partial charge < -0.3 is 0 Å². The molecule has 3 rings (SSSR count). The van der Waals surface area contributed by atoms with Gasteiger partial charge in [-0.1, -0.05) is 29.8 Å². The molecule has 1 aliphatic rings. The van der Waals surface area contributed by atoms with Gasteiger partial charge in [0.1, 0.15) is 5.02 Å². The fourth-order valence-electron chi connectivity index (χ4n) is 2.81. The third-order valence-electron chi connectivity index (χ3n) is 3.82. The van der Waals surface area contributed by atoms with Gasteiger partial charge in [0, 0.05) is 12.1 Å². The molecule has 0 aromatic heterocycles. The van der Waals surface area contributed by atoms with Crippen LogP contribution < -0.4 is 4.31 Å². The molecule has 1 aliphatic heterocycles. The van der Waals surface area contributed by atoms with Gasteiger partial charge in [-0.05, 0) is 37.1 Å². The van der Waals surface area contributed by atoms with Crippen LogP contribution in [0.2, 0.25) is 5.02 Å². The van der Waals surface area contributed by atoms with Crippen molar-refractivity contribution in [1.82, 2.24) is 0 Å². The standard InChI is InChI=1S/C15H13ClN2O4S/c1-10-8-11-4-2-3-5-14(11)17(10)23(21,22)12-6-7-13(16)15(9-12)18(19)20/h2-7,9-10H,8H2,1H3. The summed E-state index contributed by atoms with van der Waals surface area (Å²) < 4.78 is 27.2. The summed E-state index contributed by atoms with van der Waals surface area (Å²) in [5.41, 5.74) is 1.12. The Morgan fingerprint density at radius 1 is 1.26 bits per heavy atom. The Balaban J connectivity index is 2.13. The number of sulfonamides is 1. The SMILES string of the molecule is CC1Cc2ccccc2N1S(=O)(=O)c1ccc(Cl)c([N+](=O)[O-])c1. The maximum atomic E-state index is 13.0. The summed E-state index contributed by atoms with van der Waals surface area (Å²) in [6, 6.07) is 10.5. The summed E-state index contributed by atoms with van der Waals surface area (Å²) in [4.78, 5) is 10.2. The molecule has 0 fully saturated rings. The zero-order valence-corrected chi connectivity index (χ0v) is 13.7. The summed E-state index contributed by atoms with van der Waals surface area (Å²) in [5.74, 6) is 0. The van der Waals surface area contributed by atoms with E-state index in [-0.39, 0.29) is 16.0 Å². The van der Waals surface area contributed by atoms with Gasteiger partial charge in [-0.2, -0.15) is 0 Å². The fourth-order valence-corrected chi connectivity index (χ4v) is 4.71. The molecule has 2 aromatic carbocycles. The fraction of sp³-hybridized carbons (Fsp3) is 0.200. The van der Waals surface area contributed by atoms with Crippen molar-refractivity contribution in [2.45, 2.75) is 24.3 Å². The smallest absolute Gasteiger partial charge is 0.263 e. The van der Waals surface area contributed by atoms with E-state index in [1.165, 1.54) is 16.4 Å². The van der Waals surface area contributed by atoms with Gasteiger partial charge in [-0.15, -0.1) is 0 Å². The van der Waals surface area contributed by atoms with E-state index in [0.717, 1.165) is 11.6 Å². The first kappa shape index (κ1) is 15.8. The van der Waals surface area contributed by atoms with Gasteiger partial charge in [0.2, 0.25) is 0 Å². The molecule has 0 radical (unpaired) electrons. The van der Waals surface area contributed by atoms with E-state index >= 15 is 0 Å². The maximum absolute atomic E-state index is 13.0. The lowest BCUT2D eigenvalue weighted by Crippen LogP contribution is -2.35. The number of rotatable bonds is 3. The molecule has 120 valence electrons. The molecular weight excluding hydrogens is 340 g/mol. The van der Waals surface area contributed by atoms with Crippen molar-refractivity contribution in [3.05, 3.63) is 63.2 Å². The lowest BCUT2D eigenvalue weighted by atomic mass is 10.1. The van der Waals surface area contributed by atoms with Crippen molar-refractivity contribution in [2.24, 2.45) is 0 Å². The molecule has 1 heterocycles. The van der Waals surface area contributed by atoms with E-state index < -0.39 is 20.6 Å². The molecule has 0 amide bonds. The highest BCUT2D eigenvalue weighted by molar-refractivity contribution is 7.92. The topological polar surface area (TPSA) is 80.5 Å². The minimum atomic E-state index is -3.90. The van der Waals surface area contributed by atoms with E-state index in [9.17, 15) is 18.5 Å². The van der Waals surface area contributed by atoms with E-state index in [0.29, 0.717) is 12.1 Å². The number of para-hydroxylation sites is 1. The van der Waals surface area contributed by atoms with E-state index in [4.69, 9.17) is 11.6 Å². The van der Waals surface area contributed by atoms with Crippen LogP contribution in [0.1, 0.15) is 12.5 Å². The lowest BCUT2D eigenvalue weighted by molar-refractivity contribution is -0.384. The van der Waals surface area contributed by atoms with Crippen LogP contribution in [-0.2, 0) is 16.4 Å². The van der Waals surface area contributed by atoms with Crippen molar-refractivity contribution in [1.29, 1.82) is 0 Å². The third-order valence-corrected chi connectivity index (χ3v) is 6.06. The van der Waals surface area contributed by atoms with Gasteiger partial charge in [-0.25, -0.2) is 8.42 Å². The van der Waals surface area contributed by atoms with Crippen LogP contribution in [0.3, 0.4) is 0 Å². The molecule has 0 bridgehead atoms. The molecular formula is C15H13ClN2O4S. The minimum absolute atomic E-state index is 0.0937. The number of hydrogen-bond donors (Lipinski definition) is 0. The number of hydrogen-bond acceptors (Lipinski definition) is 4. The highest BCUT2D eigenvalue weighted by Gasteiger charge is 2.36. The Labute approximate surface area is 138 Å². The Bertz CT molecular complexity index is 898. The molecule has 0 spiro atoms. The van der Waals surface area contributed by atoms with Crippen LogP contribution in [-0.4, -0.2) is 19.4 Å². The first-order valence-electron chi connectivity index (χ1n) is 6.88. The Morgan fingerprint density at radius 2 is 1.96 bits per heavy atom. The first-order chi connectivity index (χ1) is 10.8. The highest BCUT2D eigenvalue weighted by atomic mass is 35.5. The van der Waals surface area contributed by atoms with Crippen LogP contribution in [0.25, 0.3) is 0 Å². The predicted octanol–water partition coefficient (Wildman–Crippen LogP) is 3.39. The van der Waals surface area contributed by atoms with Crippen molar-refractivity contribution in [2.75, 3.05) is 4.31 Å². The lowest BCUT2D eigenvalue weighted by Gasteiger charge is -2.24. The number of anilines is 1. The van der Waals surface area contributed by atoms with Crippen LogP contribution in [0, 0.1) is 10.1 Å². The van der Waals surface area contributed by atoms with Crippen molar-refractivity contribution >= 4 is 33.0 Å². The second-order valence-corrected chi connectivity index (χ2v) is 7.58. The molecule has 0 saturated carbocycles. The Morgan fingerprint density at radius 3 is 2.65 bits per heavy atom. The zero-order chi connectivity index (χ0) is 16.8. The second-order valence-electron chi connectivity index (χ2n) is 5.35. The van der Waals surface area contributed by atoms with Crippen LogP contribution in [0.4, 0.5) is 11.4 Å². The van der Waals surface area contributed by atoms with Gasteiger partial charge in [0.15, 0.2) is 0 Å². The van der Waals surface area contributed by atoms with E-state index in [1.54, 1.807) is 12.1 Å². The minimum Gasteiger partial charge on any atom is -0.263 e. The molecule has 2 aromatic rings. The van der Waals surface area contributed by atoms with Gasteiger partial charge >= 0.3 is 0 Å². The number of benzene rings is 2. The number of fused-ring (bicyclic) bond motifs is 1. The van der Waals surface area contributed by atoms with Crippen molar-refractivity contribution in [3.8, 4) is 0 Å². The number of nitro groups is 1. The molecule has 0 aliphatic carbocycles. The largest absolute Gasteiger partial charge is 0.289 e. The average molecular weight is 353 g/mol. The summed E-state index contributed by atoms with van der Waals surface area (Å²) in [7, 11) is -3.90. The number of nitro benzene ring substituents is 1. The first-order valence-corrected chi connectivity index (χ1v) is 8.70. The molecule has 1 atom stereocenters. The van der Waals surface area contributed by atoms with Gasteiger partial charge in [0.05, 0.1) is 15.5 Å². The second kappa shape index (κ2) is 5.50. The molecule has 8 heteroatoms. The predicted molar refractivity (Wildman–Crippen MR) is 87.4 cm³/mol. The normalized spacial score (nSPS) is 17.1. The number of nitrogens with zero attached hydrogens (tertiary/aromatic N) is 2. The summed E-state index contributed by atoms with van der Waals surface area (Å²) in [6.45, 7) is 1.81. The van der Waals surface area contributed by atoms with Gasteiger partial charge in [-0.3, -0.25) is 14.4 Å². The van der Waals surface area contributed by atoms with Gasteiger partial charge in [0.25, 0.3) is 15.7 Å². The Hall–Kier alpha value is -2.12. The zero-order valence-electron chi connectivity index (χ0n) is 12.1. The van der Waals surface area contributed by atoms with Crippen molar-refractivity contribution in [3.63, 3.8) is 0 Å². The van der Waals surface area contributed by atoms with Crippen molar-refractivity contribution < 1.29 is 13.3 Å². The number of halogens is 1. The average Bonchev–Trinajstić information content (AvgIpc) is 2.83. The molecule has 0 saturated heterocycles. The quantitative estimate of drug-likeness (QED) is 0.626. The van der Waals surface area contributed by atoms with E-state index in [2.05, 4.69) is 0 Å². The van der Waals surface area contributed by atoms with Crippen LogP contribution >= 0.6 is 11.6 Å². The van der Waals surface area contributed by atoms with Crippen LogP contribution in [0.15, 0.2) is 47.4 Å². The Kier molecular flexibility index (Phi) is 3.77. The molecule has 23 heavy (non-hydrogen) atoms. The molecule has 1 unspecified atom stereocenters. The summed E-state index contributed by atoms with van der Waals surface area (Å²) in [5, 5.41) is 10.9. The summed E-state index contributed by atoms with van der Waals surface area (Å²) >= 11 is 5.76. The van der Waals surface area contributed by atoms with Crippen LogP contribution in [0.5, 0.6) is 0 Å². The maximum Gasteiger partial charge on any atom is 0.289 e. The highest BCUT2D eigenvalue weighted by Crippen LogP contribution is 2.37. The third kappa shape index (κ3) is 2.55. The summed E-state index contributed by atoms with van der Waals surface area (Å²) in [6.07, 6.45) is 0.602. The molecule has 6 nitrogen and oxygen atoms in total. The molecule has 0 N–H and O–H groups in total.